The molecular weight excluding hydrogens is 330 g/mol. The Morgan fingerprint density at radius 1 is 1.04 bits per heavy atom. The molecule has 1 aromatic heterocycles. The summed E-state index contributed by atoms with van der Waals surface area (Å²) >= 11 is 0. The molecule has 2 N–H and O–H groups in total. The molecule has 2 amide bonds. The van der Waals surface area contributed by atoms with Gasteiger partial charge in [0.15, 0.2) is 5.76 Å². The van der Waals surface area contributed by atoms with Gasteiger partial charge in [-0.1, -0.05) is 0 Å². The minimum absolute atomic E-state index is 0.178. The van der Waals surface area contributed by atoms with Crippen LogP contribution >= 0.6 is 0 Å². The lowest BCUT2D eigenvalue weighted by Crippen LogP contribution is -2.27. The first-order chi connectivity index (χ1) is 11.6. The Morgan fingerprint density at radius 2 is 1.60 bits per heavy atom. The lowest BCUT2D eigenvalue weighted by atomic mass is 10.2. The molecule has 9 heteroatoms. The smallest absolute Gasteiger partial charge is 0.433 e. The van der Waals surface area contributed by atoms with E-state index in [9.17, 15) is 19.7 Å². The third kappa shape index (κ3) is 5.34. The van der Waals surface area contributed by atoms with E-state index in [1.165, 1.54) is 6.07 Å². The Bertz CT molecular complexity index is 789. The van der Waals surface area contributed by atoms with Crippen LogP contribution in [-0.4, -0.2) is 22.5 Å². The maximum atomic E-state index is 12.0. The summed E-state index contributed by atoms with van der Waals surface area (Å²) in [4.78, 5) is 33.4. The van der Waals surface area contributed by atoms with Gasteiger partial charge in [-0.25, -0.2) is 4.79 Å². The Labute approximate surface area is 143 Å². The summed E-state index contributed by atoms with van der Waals surface area (Å²) < 4.78 is 9.95. The van der Waals surface area contributed by atoms with Crippen LogP contribution in [0.2, 0.25) is 0 Å². The van der Waals surface area contributed by atoms with Crippen molar-refractivity contribution < 1.29 is 23.7 Å². The number of benzene rings is 1. The molecule has 0 fully saturated rings. The maximum absolute atomic E-state index is 12.0. The van der Waals surface area contributed by atoms with Gasteiger partial charge in [0.25, 0.3) is 5.91 Å². The van der Waals surface area contributed by atoms with Crippen LogP contribution < -0.4 is 10.6 Å². The number of carbonyl (C=O) groups excluding carboxylic acids is 2. The number of rotatable bonds is 4. The van der Waals surface area contributed by atoms with Crippen LogP contribution in [-0.2, 0) is 4.74 Å². The molecule has 2 aromatic rings. The summed E-state index contributed by atoms with van der Waals surface area (Å²) in [6.07, 6.45) is -0.591. The first-order valence-corrected chi connectivity index (χ1v) is 7.30. The molecule has 0 unspecified atom stereocenters. The molecule has 0 aliphatic heterocycles. The highest BCUT2D eigenvalue weighted by atomic mass is 16.6. The third-order valence-corrected chi connectivity index (χ3v) is 2.78. The molecule has 0 saturated carbocycles. The second-order valence-electron chi connectivity index (χ2n) is 6.05. The third-order valence-electron chi connectivity index (χ3n) is 2.78. The summed E-state index contributed by atoms with van der Waals surface area (Å²) in [5.74, 6) is -1.31. The van der Waals surface area contributed by atoms with Crippen LogP contribution in [0.3, 0.4) is 0 Å². The summed E-state index contributed by atoms with van der Waals surface area (Å²) in [7, 11) is 0. The largest absolute Gasteiger partial charge is 0.444 e. The Balaban J connectivity index is 1.96. The quantitative estimate of drug-likeness (QED) is 0.640. The van der Waals surface area contributed by atoms with Crippen LogP contribution in [0.15, 0.2) is 40.8 Å². The number of nitro groups is 1. The number of carbonyl (C=O) groups is 2. The van der Waals surface area contributed by atoms with Gasteiger partial charge in [-0.3, -0.25) is 20.2 Å². The van der Waals surface area contributed by atoms with Crippen molar-refractivity contribution in [3.05, 3.63) is 52.3 Å². The van der Waals surface area contributed by atoms with E-state index >= 15 is 0 Å². The van der Waals surface area contributed by atoms with Crippen molar-refractivity contribution >= 4 is 29.3 Å². The molecule has 0 bridgehead atoms. The zero-order valence-electron chi connectivity index (χ0n) is 13.9. The maximum Gasteiger partial charge on any atom is 0.433 e. The number of ether oxygens (including phenoxy) is 1. The number of amides is 2. The fraction of sp³-hybridized carbons (Fsp3) is 0.250. The van der Waals surface area contributed by atoms with Crippen molar-refractivity contribution in [2.24, 2.45) is 0 Å². The molecule has 132 valence electrons. The van der Waals surface area contributed by atoms with Gasteiger partial charge >= 0.3 is 12.0 Å². The Kier molecular flexibility index (Phi) is 5.06. The lowest BCUT2D eigenvalue weighted by molar-refractivity contribution is -0.402. The van der Waals surface area contributed by atoms with Crippen LogP contribution in [0, 0.1) is 10.1 Å². The minimum Gasteiger partial charge on any atom is -0.444 e. The second-order valence-corrected chi connectivity index (χ2v) is 6.05. The first kappa shape index (κ1) is 18.0. The minimum atomic E-state index is -0.728. The van der Waals surface area contributed by atoms with Crippen LogP contribution in [0.4, 0.5) is 22.1 Å². The van der Waals surface area contributed by atoms with Gasteiger partial charge < -0.3 is 14.5 Å². The first-order valence-electron chi connectivity index (χ1n) is 7.30. The summed E-state index contributed by atoms with van der Waals surface area (Å²) in [6, 6.07) is 8.58. The average Bonchev–Trinajstić information content (AvgIpc) is 2.97. The molecule has 9 nitrogen and oxygen atoms in total. The van der Waals surface area contributed by atoms with Gasteiger partial charge in [0.1, 0.15) is 10.5 Å². The molecule has 0 saturated heterocycles. The topological polar surface area (TPSA) is 124 Å². The van der Waals surface area contributed by atoms with E-state index < -0.39 is 28.4 Å². The fourth-order valence-electron chi connectivity index (χ4n) is 1.80. The van der Waals surface area contributed by atoms with Crippen molar-refractivity contribution in [1.29, 1.82) is 0 Å². The van der Waals surface area contributed by atoms with E-state index in [4.69, 9.17) is 9.15 Å². The van der Waals surface area contributed by atoms with E-state index in [1.54, 1.807) is 45.0 Å². The van der Waals surface area contributed by atoms with E-state index in [2.05, 4.69) is 10.6 Å². The van der Waals surface area contributed by atoms with Crippen molar-refractivity contribution in [3.63, 3.8) is 0 Å². The standard InChI is InChI=1S/C16H17N3O6/c1-16(2,3)25-15(21)18-11-6-4-10(5-7-11)17-14(20)12-8-9-13(24-12)19(22)23/h4-9H,1-3H3,(H,17,20)(H,18,21). The van der Waals surface area contributed by atoms with Gasteiger partial charge in [-0.15, -0.1) is 0 Å². The summed E-state index contributed by atoms with van der Waals surface area (Å²) in [6.45, 7) is 5.26. The number of nitrogens with one attached hydrogen (secondary N) is 2. The molecule has 1 heterocycles. The van der Waals surface area contributed by atoms with Crippen LogP contribution in [0.5, 0.6) is 0 Å². The van der Waals surface area contributed by atoms with Gasteiger partial charge in [0, 0.05) is 11.4 Å². The highest BCUT2D eigenvalue weighted by Gasteiger charge is 2.18. The zero-order chi connectivity index (χ0) is 18.6. The zero-order valence-corrected chi connectivity index (χ0v) is 13.9. The van der Waals surface area contributed by atoms with Crippen molar-refractivity contribution in [1.82, 2.24) is 0 Å². The van der Waals surface area contributed by atoms with E-state index in [0.29, 0.717) is 11.4 Å². The van der Waals surface area contributed by atoms with Gasteiger partial charge in [-0.2, -0.15) is 0 Å². The summed E-state index contributed by atoms with van der Waals surface area (Å²) in [5.41, 5.74) is 0.309. The molecule has 25 heavy (non-hydrogen) atoms. The Hall–Kier alpha value is -3.36. The fourth-order valence-corrected chi connectivity index (χ4v) is 1.80. The number of hydrogen-bond acceptors (Lipinski definition) is 6. The summed E-state index contributed by atoms with van der Waals surface area (Å²) in [5, 5.41) is 15.6. The normalized spacial score (nSPS) is 10.8. The van der Waals surface area contributed by atoms with Gasteiger partial charge in [0.2, 0.25) is 0 Å². The molecule has 0 radical (unpaired) electrons. The molecule has 0 aliphatic carbocycles. The molecule has 0 aliphatic rings. The van der Waals surface area contributed by atoms with E-state index in [1.807, 2.05) is 0 Å². The predicted molar refractivity (Wildman–Crippen MR) is 89.6 cm³/mol. The SMILES string of the molecule is CC(C)(C)OC(=O)Nc1ccc(NC(=O)c2ccc([N+](=O)[O-])o2)cc1. The molecule has 0 spiro atoms. The number of anilines is 2. The number of nitrogens with zero attached hydrogens (tertiary/aromatic N) is 1. The van der Waals surface area contributed by atoms with E-state index in [0.717, 1.165) is 6.07 Å². The van der Waals surface area contributed by atoms with Gasteiger partial charge in [-0.05, 0) is 51.1 Å². The number of furan rings is 1. The van der Waals surface area contributed by atoms with Crippen LogP contribution in [0.1, 0.15) is 31.3 Å². The van der Waals surface area contributed by atoms with Crippen molar-refractivity contribution in [2.45, 2.75) is 26.4 Å². The highest BCUT2D eigenvalue weighted by Crippen LogP contribution is 2.19. The van der Waals surface area contributed by atoms with E-state index in [-0.39, 0.29) is 5.76 Å². The predicted octanol–water partition coefficient (Wildman–Crippen LogP) is 3.79. The molecule has 0 atom stereocenters. The number of hydrogen-bond donors (Lipinski definition) is 2. The highest BCUT2D eigenvalue weighted by molar-refractivity contribution is 6.02. The van der Waals surface area contributed by atoms with Crippen molar-refractivity contribution in [2.75, 3.05) is 10.6 Å². The molecular formula is C16H17N3O6. The molecule has 2 rings (SSSR count). The lowest BCUT2D eigenvalue weighted by Gasteiger charge is -2.19. The Morgan fingerprint density at radius 3 is 2.08 bits per heavy atom. The molecule has 1 aromatic carbocycles. The van der Waals surface area contributed by atoms with Gasteiger partial charge in [0.05, 0.1) is 6.07 Å². The monoisotopic (exact) mass is 347 g/mol. The van der Waals surface area contributed by atoms with Crippen LogP contribution in [0.25, 0.3) is 0 Å². The average molecular weight is 347 g/mol. The van der Waals surface area contributed by atoms with Crippen molar-refractivity contribution in [3.8, 4) is 0 Å². The second kappa shape index (κ2) is 7.04.